The molecule has 0 aliphatic heterocycles. The molecule has 0 fully saturated rings. The van der Waals surface area contributed by atoms with Crippen molar-refractivity contribution in [2.45, 2.75) is 25.3 Å². The van der Waals surface area contributed by atoms with Gasteiger partial charge in [0, 0.05) is 12.7 Å². The average Bonchev–Trinajstić information content (AvgIpc) is 2.55. The third-order valence-electron chi connectivity index (χ3n) is 3.66. The van der Waals surface area contributed by atoms with Gasteiger partial charge in [-0.25, -0.2) is 0 Å². The highest BCUT2D eigenvalue weighted by Crippen LogP contribution is 2.29. The van der Waals surface area contributed by atoms with Crippen LogP contribution in [0.5, 0.6) is 0 Å². The standard InChI is InChI=1S/C17H14F6N2O2/c18-16(19,20)12-5-3-11(4-6-12)7-8-24-14(26)10-25-9-1-2-13(15(25)27)17(21,22)23/h1-6,9H,7-8,10H2,(H,24,26). The summed E-state index contributed by atoms with van der Waals surface area (Å²) in [5.41, 5.74) is -2.95. The average molecular weight is 392 g/mol. The van der Waals surface area contributed by atoms with Gasteiger partial charge in [0.05, 0.1) is 5.56 Å². The van der Waals surface area contributed by atoms with Gasteiger partial charge in [-0.1, -0.05) is 12.1 Å². The third kappa shape index (κ3) is 5.60. The highest BCUT2D eigenvalue weighted by Gasteiger charge is 2.34. The maximum atomic E-state index is 12.7. The molecule has 0 saturated carbocycles. The summed E-state index contributed by atoms with van der Waals surface area (Å²) >= 11 is 0. The fourth-order valence-corrected chi connectivity index (χ4v) is 2.29. The van der Waals surface area contributed by atoms with E-state index in [1.165, 1.54) is 12.1 Å². The quantitative estimate of drug-likeness (QED) is 0.795. The van der Waals surface area contributed by atoms with Gasteiger partial charge < -0.3 is 9.88 Å². The summed E-state index contributed by atoms with van der Waals surface area (Å²) in [6, 6.07) is 6.01. The molecule has 0 radical (unpaired) electrons. The number of halogens is 6. The molecule has 1 aromatic carbocycles. The molecule has 0 atom stereocenters. The maximum absolute atomic E-state index is 12.7. The molecule has 0 aliphatic rings. The van der Waals surface area contributed by atoms with Crippen molar-refractivity contribution in [3.05, 3.63) is 69.6 Å². The molecule has 146 valence electrons. The first-order chi connectivity index (χ1) is 12.5. The molecule has 4 nitrogen and oxygen atoms in total. The van der Waals surface area contributed by atoms with Gasteiger partial charge in [-0.05, 0) is 36.2 Å². The number of benzene rings is 1. The molecule has 2 rings (SSSR count). The lowest BCUT2D eigenvalue weighted by molar-refractivity contribution is -0.139. The lowest BCUT2D eigenvalue weighted by Crippen LogP contribution is -2.35. The Bertz CT molecular complexity index is 853. The molecule has 1 heterocycles. The number of nitrogens with one attached hydrogen (secondary N) is 1. The van der Waals surface area contributed by atoms with Gasteiger partial charge >= 0.3 is 12.4 Å². The van der Waals surface area contributed by atoms with Crippen molar-refractivity contribution in [1.29, 1.82) is 0 Å². The summed E-state index contributed by atoms with van der Waals surface area (Å²) in [6.07, 6.45) is -7.97. The summed E-state index contributed by atoms with van der Waals surface area (Å²) < 4.78 is 76.0. The third-order valence-corrected chi connectivity index (χ3v) is 3.66. The molecule has 10 heteroatoms. The van der Waals surface area contributed by atoms with Crippen LogP contribution in [0.4, 0.5) is 26.3 Å². The van der Waals surface area contributed by atoms with E-state index in [4.69, 9.17) is 0 Å². The number of pyridine rings is 1. The van der Waals surface area contributed by atoms with Crippen molar-refractivity contribution < 1.29 is 31.1 Å². The predicted octanol–water partition coefficient (Wildman–Crippen LogP) is 3.24. The summed E-state index contributed by atoms with van der Waals surface area (Å²) in [7, 11) is 0. The Morgan fingerprint density at radius 3 is 2.15 bits per heavy atom. The molecule has 0 unspecified atom stereocenters. The largest absolute Gasteiger partial charge is 0.421 e. The van der Waals surface area contributed by atoms with Crippen molar-refractivity contribution in [1.82, 2.24) is 9.88 Å². The van der Waals surface area contributed by atoms with Crippen molar-refractivity contribution in [3.8, 4) is 0 Å². The van der Waals surface area contributed by atoms with E-state index in [9.17, 15) is 35.9 Å². The lowest BCUT2D eigenvalue weighted by atomic mass is 10.1. The predicted molar refractivity (Wildman–Crippen MR) is 83.9 cm³/mol. The molecule has 27 heavy (non-hydrogen) atoms. The van der Waals surface area contributed by atoms with Gasteiger partial charge in [-0.15, -0.1) is 0 Å². The molecule has 0 saturated heterocycles. The first-order valence-electron chi connectivity index (χ1n) is 7.68. The van der Waals surface area contributed by atoms with E-state index >= 15 is 0 Å². The van der Waals surface area contributed by atoms with Crippen LogP contribution >= 0.6 is 0 Å². The second-order valence-corrected chi connectivity index (χ2v) is 5.65. The van der Waals surface area contributed by atoms with E-state index in [0.717, 1.165) is 24.4 Å². The number of hydrogen-bond acceptors (Lipinski definition) is 2. The van der Waals surface area contributed by atoms with Gasteiger partial charge in [0.15, 0.2) is 0 Å². The summed E-state index contributed by atoms with van der Waals surface area (Å²) in [5.74, 6) is -0.691. The van der Waals surface area contributed by atoms with E-state index in [-0.39, 0.29) is 13.0 Å². The Kier molecular flexibility index (Phi) is 5.97. The van der Waals surface area contributed by atoms with Crippen LogP contribution in [0, 0.1) is 0 Å². The van der Waals surface area contributed by atoms with Crippen LogP contribution in [-0.2, 0) is 30.1 Å². The molecule has 0 spiro atoms. The highest BCUT2D eigenvalue weighted by atomic mass is 19.4. The minimum Gasteiger partial charge on any atom is -0.354 e. The van der Waals surface area contributed by atoms with Gasteiger partial charge in [0.1, 0.15) is 12.1 Å². The molecule has 1 aromatic heterocycles. The van der Waals surface area contributed by atoms with Crippen molar-refractivity contribution in [2.24, 2.45) is 0 Å². The van der Waals surface area contributed by atoms with Gasteiger partial charge in [-0.2, -0.15) is 26.3 Å². The number of nitrogens with zero attached hydrogens (tertiary/aromatic N) is 1. The van der Waals surface area contributed by atoms with Crippen molar-refractivity contribution in [2.75, 3.05) is 6.54 Å². The van der Waals surface area contributed by atoms with Gasteiger partial charge in [0.2, 0.25) is 5.91 Å². The minimum absolute atomic E-state index is 0.0535. The molecule has 2 aromatic rings. The summed E-state index contributed by atoms with van der Waals surface area (Å²) in [5, 5.41) is 2.41. The van der Waals surface area contributed by atoms with Crippen LogP contribution in [-0.4, -0.2) is 17.0 Å². The molecule has 1 N–H and O–H groups in total. The van der Waals surface area contributed by atoms with Crippen LogP contribution in [0.3, 0.4) is 0 Å². The van der Waals surface area contributed by atoms with Crippen molar-refractivity contribution >= 4 is 5.91 Å². The van der Waals surface area contributed by atoms with Crippen LogP contribution in [0.15, 0.2) is 47.4 Å². The van der Waals surface area contributed by atoms with Crippen LogP contribution < -0.4 is 10.9 Å². The Hall–Kier alpha value is -2.78. The number of amides is 1. The van der Waals surface area contributed by atoms with E-state index in [1.54, 1.807) is 0 Å². The van der Waals surface area contributed by atoms with Gasteiger partial charge in [0.25, 0.3) is 5.56 Å². The fourth-order valence-electron chi connectivity index (χ4n) is 2.29. The zero-order valence-electron chi connectivity index (χ0n) is 13.7. The molecular weight excluding hydrogens is 378 g/mol. The summed E-state index contributed by atoms with van der Waals surface area (Å²) in [4.78, 5) is 23.5. The van der Waals surface area contributed by atoms with E-state index in [1.807, 2.05) is 0 Å². The lowest BCUT2D eigenvalue weighted by Gasteiger charge is -2.11. The zero-order chi connectivity index (χ0) is 20.2. The second-order valence-electron chi connectivity index (χ2n) is 5.65. The van der Waals surface area contributed by atoms with E-state index < -0.39 is 41.5 Å². The topological polar surface area (TPSA) is 51.1 Å². The minimum atomic E-state index is -4.82. The van der Waals surface area contributed by atoms with Crippen LogP contribution in [0.25, 0.3) is 0 Å². The number of aromatic nitrogens is 1. The number of rotatable bonds is 5. The summed E-state index contributed by atoms with van der Waals surface area (Å²) in [6.45, 7) is -0.548. The Morgan fingerprint density at radius 1 is 0.963 bits per heavy atom. The smallest absolute Gasteiger partial charge is 0.354 e. The fraction of sp³-hybridized carbons (Fsp3) is 0.294. The number of hydrogen-bond donors (Lipinski definition) is 1. The first kappa shape index (κ1) is 20.5. The van der Waals surface area contributed by atoms with Crippen molar-refractivity contribution in [3.63, 3.8) is 0 Å². The Balaban J connectivity index is 1.91. The number of carbonyl (C=O) groups is 1. The molecular formula is C17H14F6N2O2. The van der Waals surface area contributed by atoms with E-state index in [0.29, 0.717) is 16.2 Å². The SMILES string of the molecule is O=C(Cn1cccc(C(F)(F)F)c1=O)NCCc1ccc(C(F)(F)F)cc1. The van der Waals surface area contributed by atoms with Crippen LogP contribution in [0.2, 0.25) is 0 Å². The van der Waals surface area contributed by atoms with Crippen LogP contribution in [0.1, 0.15) is 16.7 Å². The maximum Gasteiger partial charge on any atom is 0.421 e. The number of alkyl halides is 6. The normalized spacial score (nSPS) is 12.1. The second kappa shape index (κ2) is 7.85. The zero-order valence-corrected chi connectivity index (χ0v) is 13.7. The molecule has 0 aliphatic carbocycles. The molecule has 0 bridgehead atoms. The Morgan fingerprint density at radius 2 is 1.59 bits per heavy atom. The highest BCUT2D eigenvalue weighted by molar-refractivity contribution is 5.75. The number of carbonyl (C=O) groups excluding carboxylic acids is 1. The van der Waals surface area contributed by atoms with Gasteiger partial charge in [-0.3, -0.25) is 9.59 Å². The monoisotopic (exact) mass is 392 g/mol. The Labute approximate surface area is 149 Å². The van der Waals surface area contributed by atoms with E-state index in [2.05, 4.69) is 5.32 Å². The molecule has 1 amide bonds. The first-order valence-corrected chi connectivity index (χ1v) is 7.68.